The third kappa shape index (κ3) is 3.01. The largest absolute Gasteiger partial charge is 0.482 e. The summed E-state index contributed by atoms with van der Waals surface area (Å²) in [5, 5.41) is 8.50. The second-order valence-corrected chi connectivity index (χ2v) is 3.83. The molecule has 0 aliphatic heterocycles. The lowest BCUT2D eigenvalue weighted by molar-refractivity contribution is -0.139. The van der Waals surface area contributed by atoms with E-state index in [4.69, 9.17) is 15.6 Å². The third-order valence-electron chi connectivity index (χ3n) is 2.44. The number of anilines is 1. The average molecular weight is 243 g/mol. The maximum absolute atomic E-state index is 10.4. The molecular formula is C14H13NO3. The standard InChI is InChI=1S/C14H13NO3/c15-12-3-1-2-11(8-12)10-4-6-13(7-5-10)18-9-14(16)17/h1-8H,9,15H2,(H,16,17). The molecule has 92 valence electrons. The van der Waals surface area contributed by atoms with Gasteiger partial charge in [-0.1, -0.05) is 24.3 Å². The quantitative estimate of drug-likeness (QED) is 0.809. The summed E-state index contributed by atoms with van der Waals surface area (Å²) in [7, 11) is 0. The minimum atomic E-state index is -0.991. The highest BCUT2D eigenvalue weighted by Gasteiger charge is 2.01. The zero-order valence-corrected chi connectivity index (χ0v) is 9.67. The van der Waals surface area contributed by atoms with Crippen molar-refractivity contribution in [2.45, 2.75) is 0 Å². The van der Waals surface area contributed by atoms with E-state index in [-0.39, 0.29) is 6.61 Å². The van der Waals surface area contributed by atoms with Gasteiger partial charge in [0.05, 0.1) is 0 Å². The van der Waals surface area contributed by atoms with Crippen LogP contribution in [0.5, 0.6) is 5.75 Å². The van der Waals surface area contributed by atoms with Crippen molar-refractivity contribution in [2.75, 3.05) is 12.3 Å². The van der Waals surface area contributed by atoms with Crippen LogP contribution in [0.15, 0.2) is 48.5 Å². The molecule has 0 radical (unpaired) electrons. The lowest BCUT2D eigenvalue weighted by Gasteiger charge is -2.06. The molecule has 0 heterocycles. The fraction of sp³-hybridized carbons (Fsp3) is 0.0714. The second kappa shape index (κ2) is 5.23. The molecule has 0 unspecified atom stereocenters. The van der Waals surface area contributed by atoms with Crippen LogP contribution in [0, 0.1) is 0 Å². The lowest BCUT2D eigenvalue weighted by Crippen LogP contribution is -2.09. The Labute approximate surface area is 105 Å². The summed E-state index contributed by atoms with van der Waals surface area (Å²) in [6.07, 6.45) is 0. The topological polar surface area (TPSA) is 72.5 Å². The molecule has 2 aromatic carbocycles. The first-order valence-electron chi connectivity index (χ1n) is 5.46. The van der Waals surface area contributed by atoms with Gasteiger partial charge in [-0.15, -0.1) is 0 Å². The number of hydrogen-bond acceptors (Lipinski definition) is 3. The van der Waals surface area contributed by atoms with Crippen molar-refractivity contribution in [3.8, 4) is 16.9 Å². The maximum Gasteiger partial charge on any atom is 0.341 e. The molecule has 2 aromatic rings. The predicted molar refractivity (Wildman–Crippen MR) is 69.4 cm³/mol. The molecule has 0 saturated carbocycles. The number of ether oxygens (including phenoxy) is 1. The molecular weight excluding hydrogens is 230 g/mol. The van der Waals surface area contributed by atoms with Crippen molar-refractivity contribution in [3.63, 3.8) is 0 Å². The highest BCUT2D eigenvalue weighted by atomic mass is 16.5. The van der Waals surface area contributed by atoms with Crippen molar-refractivity contribution in [1.29, 1.82) is 0 Å². The fourth-order valence-electron chi connectivity index (χ4n) is 1.61. The number of rotatable bonds is 4. The van der Waals surface area contributed by atoms with Gasteiger partial charge in [0.25, 0.3) is 0 Å². The number of benzene rings is 2. The highest BCUT2D eigenvalue weighted by Crippen LogP contribution is 2.23. The van der Waals surface area contributed by atoms with E-state index in [9.17, 15) is 4.79 Å². The van der Waals surface area contributed by atoms with Crippen LogP contribution < -0.4 is 10.5 Å². The molecule has 4 nitrogen and oxygen atoms in total. The number of aliphatic carboxylic acids is 1. The first kappa shape index (κ1) is 12.0. The second-order valence-electron chi connectivity index (χ2n) is 3.83. The van der Waals surface area contributed by atoms with Gasteiger partial charge in [0.15, 0.2) is 6.61 Å². The van der Waals surface area contributed by atoms with Crippen LogP contribution in [0.1, 0.15) is 0 Å². The molecule has 0 spiro atoms. The minimum absolute atomic E-state index is 0.336. The Balaban J connectivity index is 2.14. The van der Waals surface area contributed by atoms with Crippen LogP contribution in [0.25, 0.3) is 11.1 Å². The van der Waals surface area contributed by atoms with E-state index >= 15 is 0 Å². The molecule has 0 bridgehead atoms. The zero-order chi connectivity index (χ0) is 13.0. The smallest absolute Gasteiger partial charge is 0.341 e. The molecule has 0 fully saturated rings. The number of nitrogen functional groups attached to an aromatic ring is 1. The van der Waals surface area contributed by atoms with Gasteiger partial charge in [-0.2, -0.15) is 0 Å². The first-order valence-corrected chi connectivity index (χ1v) is 5.46. The van der Waals surface area contributed by atoms with Gasteiger partial charge >= 0.3 is 5.97 Å². The van der Waals surface area contributed by atoms with Gasteiger partial charge in [0, 0.05) is 5.69 Å². The summed E-state index contributed by atoms with van der Waals surface area (Å²) in [5.74, 6) is -0.458. The summed E-state index contributed by atoms with van der Waals surface area (Å²) in [6, 6.07) is 14.8. The van der Waals surface area contributed by atoms with Crippen molar-refractivity contribution < 1.29 is 14.6 Å². The Hall–Kier alpha value is -2.49. The molecule has 0 aromatic heterocycles. The average Bonchev–Trinajstić information content (AvgIpc) is 2.37. The number of hydrogen-bond donors (Lipinski definition) is 2. The molecule has 3 N–H and O–H groups in total. The van der Waals surface area contributed by atoms with Crippen LogP contribution in [-0.4, -0.2) is 17.7 Å². The van der Waals surface area contributed by atoms with E-state index in [0.29, 0.717) is 11.4 Å². The highest BCUT2D eigenvalue weighted by molar-refractivity contribution is 5.69. The van der Waals surface area contributed by atoms with Crippen LogP contribution in [0.4, 0.5) is 5.69 Å². The van der Waals surface area contributed by atoms with Gasteiger partial charge in [-0.25, -0.2) is 4.79 Å². The molecule has 0 atom stereocenters. The Kier molecular flexibility index (Phi) is 3.48. The van der Waals surface area contributed by atoms with Crippen LogP contribution in [-0.2, 0) is 4.79 Å². The van der Waals surface area contributed by atoms with Gasteiger partial charge in [0.1, 0.15) is 5.75 Å². The Morgan fingerprint density at radius 2 is 1.83 bits per heavy atom. The maximum atomic E-state index is 10.4. The number of nitrogens with two attached hydrogens (primary N) is 1. The lowest BCUT2D eigenvalue weighted by atomic mass is 10.1. The van der Waals surface area contributed by atoms with E-state index in [1.54, 1.807) is 12.1 Å². The summed E-state index contributed by atoms with van der Waals surface area (Å²) < 4.78 is 5.06. The molecule has 0 saturated heterocycles. The summed E-state index contributed by atoms with van der Waals surface area (Å²) in [6.45, 7) is -0.336. The molecule has 0 aliphatic rings. The normalized spacial score (nSPS) is 10.0. The summed E-state index contributed by atoms with van der Waals surface area (Å²) in [4.78, 5) is 10.4. The monoisotopic (exact) mass is 243 g/mol. The van der Waals surface area contributed by atoms with E-state index in [2.05, 4.69) is 0 Å². The van der Waals surface area contributed by atoms with Crippen LogP contribution in [0.2, 0.25) is 0 Å². The Morgan fingerprint density at radius 1 is 1.11 bits per heavy atom. The van der Waals surface area contributed by atoms with Gasteiger partial charge < -0.3 is 15.6 Å². The van der Waals surface area contributed by atoms with Gasteiger partial charge in [-0.3, -0.25) is 0 Å². The molecule has 18 heavy (non-hydrogen) atoms. The number of carbonyl (C=O) groups is 1. The van der Waals surface area contributed by atoms with Crippen molar-refractivity contribution in [3.05, 3.63) is 48.5 Å². The molecule has 4 heteroatoms. The van der Waals surface area contributed by atoms with E-state index in [0.717, 1.165) is 11.1 Å². The van der Waals surface area contributed by atoms with Gasteiger partial charge in [-0.05, 0) is 35.4 Å². The van der Waals surface area contributed by atoms with Crippen molar-refractivity contribution in [2.24, 2.45) is 0 Å². The minimum Gasteiger partial charge on any atom is -0.482 e. The van der Waals surface area contributed by atoms with E-state index in [1.807, 2.05) is 36.4 Å². The summed E-state index contributed by atoms with van der Waals surface area (Å²) in [5.41, 5.74) is 8.44. The zero-order valence-electron chi connectivity index (χ0n) is 9.67. The van der Waals surface area contributed by atoms with Crippen LogP contribution in [0.3, 0.4) is 0 Å². The number of carboxylic acids is 1. The molecule has 2 rings (SSSR count). The first-order chi connectivity index (χ1) is 8.65. The third-order valence-corrected chi connectivity index (χ3v) is 2.44. The SMILES string of the molecule is Nc1cccc(-c2ccc(OCC(=O)O)cc2)c1. The Bertz CT molecular complexity index is 549. The Morgan fingerprint density at radius 3 is 2.44 bits per heavy atom. The molecule has 0 amide bonds. The number of carboxylic acid groups (broad SMARTS) is 1. The van der Waals surface area contributed by atoms with Gasteiger partial charge in [0.2, 0.25) is 0 Å². The summed E-state index contributed by atoms with van der Waals surface area (Å²) >= 11 is 0. The fourth-order valence-corrected chi connectivity index (χ4v) is 1.61. The van der Waals surface area contributed by atoms with E-state index in [1.165, 1.54) is 0 Å². The van der Waals surface area contributed by atoms with Crippen molar-refractivity contribution in [1.82, 2.24) is 0 Å². The predicted octanol–water partition coefficient (Wildman–Crippen LogP) is 2.40. The van der Waals surface area contributed by atoms with E-state index < -0.39 is 5.97 Å². The van der Waals surface area contributed by atoms with Crippen molar-refractivity contribution >= 4 is 11.7 Å². The molecule has 0 aliphatic carbocycles. The van der Waals surface area contributed by atoms with Crippen LogP contribution >= 0.6 is 0 Å².